The van der Waals surface area contributed by atoms with Crippen molar-refractivity contribution in [2.24, 2.45) is 5.16 Å². The first-order valence-electron chi connectivity index (χ1n) is 12.4. The van der Waals surface area contributed by atoms with Crippen LogP contribution in [0.5, 0.6) is 11.5 Å². The van der Waals surface area contributed by atoms with Crippen LogP contribution < -0.4 is 14.8 Å². The summed E-state index contributed by atoms with van der Waals surface area (Å²) in [6, 6.07) is 11.3. The van der Waals surface area contributed by atoms with Crippen LogP contribution in [0.25, 0.3) is 10.8 Å². The molecule has 13 heteroatoms. The fraction of sp³-hybridized carbons (Fsp3) is 0.286. The highest BCUT2D eigenvalue weighted by Crippen LogP contribution is 2.30. The van der Waals surface area contributed by atoms with Crippen LogP contribution in [-0.2, 0) is 19.2 Å². The Balaban J connectivity index is 1.41. The first kappa shape index (κ1) is 29.3. The van der Waals surface area contributed by atoms with Gasteiger partial charge in [-0.15, -0.1) is 0 Å². The summed E-state index contributed by atoms with van der Waals surface area (Å²) in [5.41, 5.74) is -1.22. The zero-order chi connectivity index (χ0) is 29.7. The van der Waals surface area contributed by atoms with E-state index in [9.17, 15) is 37.1 Å². The van der Waals surface area contributed by atoms with Gasteiger partial charge in [-0.3, -0.25) is 14.4 Å². The van der Waals surface area contributed by atoms with Crippen LogP contribution in [0.4, 0.5) is 17.6 Å². The lowest BCUT2D eigenvalue weighted by Gasteiger charge is -2.26. The maximum Gasteiger partial charge on any atom is 0.305 e. The lowest BCUT2D eigenvalue weighted by molar-refractivity contribution is -0.148. The van der Waals surface area contributed by atoms with Crippen LogP contribution in [0, 0.1) is 23.3 Å². The average Bonchev–Trinajstić information content (AvgIpc) is 3.39. The van der Waals surface area contributed by atoms with E-state index in [1.807, 2.05) is 36.4 Å². The van der Waals surface area contributed by atoms with E-state index in [1.165, 1.54) is 0 Å². The summed E-state index contributed by atoms with van der Waals surface area (Å²) in [6.07, 6.45) is -0.888. The van der Waals surface area contributed by atoms with Gasteiger partial charge in [0.1, 0.15) is 25.0 Å². The molecule has 2 N–H and O–H groups in total. The van der Waals surface area contributed by atoms with E-state index in [1.54, 1.807) is 13.0 Å². The number of ketones is 1. The third kappa shape index (κ3) is 6.39. The molecule has 3 aromatic carbocycles. The van der Waals surface area contributed by atoms with Crippen LogP contribution in [-0.4, -0.2) is 53.3 Å². The van der Waals surface area contributed by atoms with Gasteiger partial charge in [0.2, 0.25) is 17.2 Å². The minimum absolute atomic E-state index is 0.0182. The summed E-state index contributed by atoms with van der Waals surface area (Å²) in [5.74, 6) is -11.7. The lowest BCUT2D eigenvalue weighted by Crippen LogP contribution is -2.53. The summed E-state index contributed by atoms with van der Waals surface area (Å²) in [5, 5.41) is 17.3. The number of carbonyl (C=O) groups is 3. The topological polar surface area (TPSA) is 124 Å². The second-order valence-corrected chi connectivity index (χ2v) is 9.22. The Morgan fingerprint density at radius 3 is 2.41 bits per heavy atom. The number of oxime groups is 1. The summed E-state index contributed by atoms with van der Waals surface area (Å²) < 4.78 is 65.2. The molecule has 0 bridgehead atoms. The van der Waals surface area contributed by atoms with E-state index in [4.69, 9.17) is 9.57 Å². The Hall–Kier alpha value is -4.68. The molecule has 2 atom stereocenters. The van der Waals surface area contributed by atoms with Crippen molar-refractivity contribution in [2.45, 2.75) is 37.8 Å². The number of rotatable bonds is 12. The molecular formula is C28H24F4N2O7. The first-order chi connectivity index (χ1) is 19.5. The van der Waals surface area contributed by atoms with Gasteiger partial charge in [0, 0.05) is 17.9 Å². The highest BCUT2D eigenvalue weighted by atomic mass is 19.2. The van der Waals surface area contributed by atoms with E-state index in [-0.39, 0.29) is 25.5 Å². The molecule has 3 aromatic rings. The number of nitrogens with one attached hydrogen (secondary N) is 1. The normalized spacial score (nSPS) is 17.0. The molecule has 0 fully saturated rings. The van der Waals surface area contributed by atoms with Crippen molar-refractivity contribution in [2.75, 3.05) is 13.2 Å². The molecule has 0 saturated carbocycles. The number of carboxylic acid groups (broad SMARTS) is 1. The van der Waals surface area contributed by atoms with Gasteiger partial charge in [0.15, 0.2) is 23.2 Å². The average molecular weight is 576 g/mol. The number of fused-ring (bicyclic) bond motifs is 1. The van der Waals surface area contributed by atoms with Crippen LogP contribution in [0.3, 0.4) is 0 Å². The maximum absolute atomic E-state index is 13.9. The third-order valence-electron chi connectivity index (χ3n) is 6.47. The van der Waals surface area contributed by atoms with Gasteiger partial charge < -0.3 is 24.7 Å². The van der Waals surface area contributed by atoms with Crippen molar-refractivity contribution in [3.8, 4) is 11.5 Å². The van der Waals surface area contributed by atoms with E-state index in [0.717, 1.165) is 10.8 Å². The number of amides is 1. The number of carbonyl (C=O) groups excluding carboxylic acids is 2. The molecule has 1 aliphatic rings. The Bertz CT molecular complexity index is 1500. The molecule has 0 radical (unpaired) electrons. The maximum atomic E-state index is 13.9. The SMILES string of the molecule is CCC1(C(=O)NC(CC(=O)O)C(=O)COc2c(F)c(F)cc(F)c2F)CC(COc2cccc3ccccc23)=NO1. The number of benzene rings is 3. The third-order valence-corrected chi connectivity index (χ3v) is 6.47. The van der Waals surface area contributed by atoms with Gasteiger partial charge in [-0.1, -0.05) is 48.5 Å². The number of Topliss-reactive ketones (excluding diaryl/α,β-unsaturated/α-hetero) is 1. The second kappa shape index (κ2) is 12.2. The molecule has 4 rings (SSSR count). The van der Waals surface area contributed by atoms with Gasteiger partial charge in [0.05, 0.1) is 12.1 Å². The number of hydrogen-bond acceptors (Lipinski definition) is 7. The van der Waals surface area contributed by atoms with E-state index >= 15 is 0 Å². The number of hydrogen-bond donors (Lipinski definition) is 2. The predicted molar refractivity (Wildman–Crippen MR) is 137 cm³/mol. The molecule has 1 heterocycles. The van der Waals surface area contributed by atoms with Crippen molar-refractivity contribution in [1.29, 1.82) is 0 Å². The molecule has 1 amide bonds. The van der Waals surface area contributed by atoms with Gasteiger partial charge in [0.25, 0.3) is 5.91 Å². The molecule has 2 unspecified atom stereocenters. The fourth-order valence-electron chi connectivity index (χ4n) is 4.21. The minimum atomic E-state index is -1.88. The van der Waals surface area contributed by atoms with Crippen LogP contribution >= 0.6 is 0 Å². The highest BCUT2D eigenvalue weighted by molar-refractivity contribution is 5.99. The molecule has 0 spiro atoms. The Labute approximate surface area is 230 Å². The molecule has 1 aliphatic heterocycles. The standard InChI is InChI=1S/C28H24F4N2O7/c1-2-28(12-16(34-41-28)13-39-22-9-5-7-15-6-3-4-8-17(15)22)27(38)33-20(11-23(36)37)21(35)14-40-26-24(31)18(29)10-19(30)25(26)32/h3-10,20H,2,11-14H2,1H3,(H,33,38)(H,36,37). The number of aliphatic carboxylic acids is 1. The smallest absolute Gasteiger partial charge is 0.305 e. The zero-order valence-corrected chi connectivity index (χ0v) is 21.6. The summed E-state index contributed by atoms with van der Waals surface area (Å²) in [4.78, 5) is 42.7. The summed E-state index contributed by atoms with van der Waals surface area (Å²) in [6.45, 7) is 0.399. The monoisotopic (exact) mass is 576 g/mol. The van der Waals surface area contributed by atoms with Crippen molar-refractivity contribution in [1.82, 2.24) is 5.32 Å². The second-order valence-electron chi connectivity index (χ2n) is 9.22. The molecule has 0 aliphatic carbocycles. The Morgan fingerprint density at radius 2 is 1.73 bits per heavy atom. The van der Waals surface area contributed by atoms with Gasteiger partial charge in [-0.25, -0.2) is 8.78 Å². The largest absolute Gasteiger partial charge is 0.487 e. The van der Waals surface area contributed by atoms with Crippen LogP contribution in [0.1, 0.15) is 26.2 Å². The van der Waals surface area contributed by atoms with Gasteiger partial charge in [-0.05, 0) is 17.9 Å². The Morgan fingerprint density at radius 1 is 1.05 bits per heavy atom. The summed E-state index contributed by atoms with van der Waals surface area (Å²) in [7, 11) is 0. The number of carboxylic acids is 1. The van der Waals surface area contributed by atoms with Crippen molar-refractivity contribution in [3.63, 3.8) is 0 Å². The predicted octanol–water partition coefficient (Wildman–Crippen LogP) is 4.31. The van der Waals surface area contributed by atoms with E-state index in [0.29, 0.717) is 11.5 Å². The molecule has 9 nitrogen and oxygen atoms in total. The molecule has 0 saturated heterocycles. The molecule has 0 aromatic heterocycles. The quantitative estimate of drug-likeness (QED) is 0.243. The van der Waals surface area contributed by atoms with Crippen molar-refractivity contribution in [3.05, 3.63) is 71.8 Å². The molecular weight excluding hydrogens is 552 g/mol. The minimum Gasteiger partial charge on any atom is -0.487 e. The van der Waals surface area contributed by atoms with Gasteiger partial charge in [-0.2, -0.15) is 8.78 Å². The van der Waals surface area contributed by atoms with Crippen LogP contribution in [0.2, 0.25) is 0 Å². The number of nitrogens with zero attached hydrogens (tertiary/aromatic N) is 1. The number of halogens is 4. The highest BCUT2D eigenvalue weighted by Gasteiger charge is 2.46. The fourth-order valence-corrected chi connectivity index (χ4v) is 4.21. The molecule has 41 heavy (non-hydrogen) atoms. The van der Waals surface area contributed by atoms with E-state index < -0.39 is 71.3 Å². The molecule has 216 valence electrons. The zero-order valence-electron chi connectivity index (χ0n) is 21.6. The number of ether oxygens (including phenoxy) is 2. The van der Waals surface area contributed by atoms with Gasteiger partial charge >= 0.3 is 5.97 Å². The summed E-state index contributed by atoms with van der Waals surface area (Å²) >= 11 is 0. The lowest BCUT2D eigenvalue weighted by atomic mass is 9.92. The van der Waals surface area contributed by atoms with Crippen molar-refractivity contribution < 1.29 is 51.4 Å². The Kier molecular flexibility index (Phi) is 8.74. The van der Waals surface area contributed by atoms with E-state index in [2.05, 4.69) is 15.2 Å². The van der Waals surface area contributed by atoms with Crippen LogP contribution in [0.15, 0.2) is 53.7 Å². The van der Waals surface area contributed by atoms with Crippen molar-refractivity contribution >= 4 is 34.1 Å². The first-order valence-corrected chi connectivity index (χ1v) is 12.4.